The summed E-state index contributed by atoms with van der Waals surface area (Å²) in [6.45, 7) is 2.98. The highest BCUT2D eigenvalue weighted by atomic mass is 32.2. The predicted molar refractivity (Wildman–Crippen MR) is 62.5 cm³/mol. The topological polar surface area (TPSA) is 58.2 Å². The average molecular weight is 228 g/mol. The summed E-state index contributed by atoms with van der Waals surface area (Å²) < 4.78 is 24.0. The van der Waals surface area contributed by atoms with Gasteiger partial charge in [-0.05, 0) is 18.6 Å². The highest BCUT2D eigenvalue weighted by Crippen LogP contribution is 2.11. The van der Waals surface area contributed by atoms with E-state index in [-0.39, 0.29) is 0 Å². The minimum atomic E-state index is -3.08. The summed E-state index contributed by atoms with van der Waals surface area (Å²) in [6.07, 6.45) is 1.15. The van der Waals surface area contributed by atoms with Crippen molar-refractivity contribution in [1.82, 2.24) is 4.72 Å². The largest absolute Gasteiger partial charge is 0.384 e. The zero-order chi connectivity index (χ0) is 11.3. The fourth-order valence-corrected chi connectivity index (χ4v) is 1.68. The van der Waals surface area contributed by atoms with Gasteiger partial charge in [-0.1, -0.05) is 18.2 Å². The smallest absolute Gasteiger partial charge is 0.208 e. The van der Waals surface area contributed by atoms with Gasteiger partial charge >= 0.3 is 0 Å². The van der Waals surface area contributed by atoms with Gasteiger partial charge in [0.15, 0.2) is 0 Å². The van der Waals surface area contributed by atoms with Gasteiger partial charge in [0.2, 0.25) is 10.0 Å². The lowest BCUT2D eigenvalue weighted by Gasteiger charge is -2.08. The van der Waals surface area contributed by atoms with Gasteiger partial charge in [0.05, 0.1) is 6.26 Å². The van der Waals surface area contributed by atoms with Crippen LogP contribution in [0.5, 0.6) is 0 Å². The number of aryl methyl sites for hydroxylation is 1. The lowest BCUT2D eigenvalue weighted by molar-refractivity contribution is 0.589. The van der Waals surface area contributed by atoms with Crippen molar-refractivity contribution in [3.8, 4) is 0 Å². The third-order valence-electron chi connectivity index (χ3n) is 1.95. The molecular weight excluding hydrogens is 212 g/mol. The highest BCUT2D eigenvalue weighted by molar-refractivity contribution is 7.88. The molecule has 0 fully saturated rings. The van der Waals surface area contributed by atoms with Crippen LogP contribution in [0.3, 0.4) is 0 Å². The van der Waals surface area contributed by atoms with Gasteiger partial charge in [0.1, 0.15) is 0 Å². The summed E-state index contributed by atoms with van der Waals surface area (Å²) in [5, 5.41) is 3.16. The number of hydrogen-bond donors (Lipinski definition) is 2. The minimum Gasteiger partial charge on any atom is -0.384 e. The first-order valence-electron chi connectivity index (χ1n) is 4.73. The predicted octanol–water partition coefficient (Wildman–Crippen LogP) is 0.956. The van der Waals surface area contributed by atoms with Gasteiger partial charge in [-0.2, -0.15) is 0 Å². The number of rotatable bonds is 5. The van der Waals surface area contributed by atoms with Gasteiger partial charge in [-0.25, -0.2) is 13.1 Å². The maximum absolute atomic E-state index is 10.8. The molecule has 0 bridgehead atoms. The Kier molecular flexibility index (Phi) is 4.11. The van der Waals surface area contributed by atoms with Crippen LogP contribution in [0.15, 0.2) is 24.3 Å². The van der Waals surface area contributed by atoms with Gasteiger partial charge < -0.3 is 5.32 Å². The Bertz CT molecular complexity index is 415. The van der Waals surface area contributed by atoms with Crippen molar-refractivity contribution >= 4 is 15.7 Å². The van der Waals surface area contributed by atoms with Crippen LogP contribution in [-0.2, 0) is 10.0 Å². The highest BCUT2D eigenvalue weighted by Gasteiger charge is 1.99. The van der Waals surface area contributed by atoms with Crippen molar-refractivity contribution in [2.75, 3.05) is 24.7 Å². The number of anilines is 1. The molecule has 0 saturated carbocycles. The summed E-state index contributed by atoms with van der Waals surface area (Å²) in [7, 11) is -3.08. The Morgan fingerprint density at radius 2 is 1.87 bits per heavy atom. The molecule has 5 heteroatoms. The number of nitrogens with one attached hydrogen (secondary N) is 2. The maximum Gasteiger partial charge on any atom is 0.208 e. The third kappa shape index (κ3) is 4.80. The van der Waals surface area contributed by atoms with E-state index >= 15 is 0 Å². The zero-order valence-corrected chi connectivity index (χ0v) is 9.76. The number of hydrogen-bond acceptors (Lipinski definition) is 3. The van der Waals surface area contributed by atoms with Crippen LogP contribution in [0.4, 0.5) is 5.69 Å². The normalized spacial score (nSPS) is 11.3. The molecule has 4 nitrogen and oxygen atoms in total. The summed E-state index contributed by atoms with van der Waals surface area (Å²) >= 11 is 0. The van der Waals surface area contributed by atoms with Crippen LogP contribution < -0.4 is 10.0 Å². The number of benzene rings is 1. The molecule has 0 unspecified atom stereocenters. The molecule has 0 aromatic heterocycles. The second kappa shape index (κ2) is 5.14. The quantitative estimate of drug-likeness (QED) is 0.738. The monoisotopic (exact) mass is 228 g/mol. The fraction of sp³-hybridized carbons (Fsp3) is 0.400. The molecule has 0 spiro atoms. The molecule has 2 N–H and O–H groups in total. The van der Waals surface area contributed by atoms with E-state index in [1.807, 2.05) is 31.2 Å². The van der Waals surface area contributed by atoms with Crippen molar-refractivity contribution in [3.05, 3.63) is 29.8 Å². The first-order valence-corrected chi connectivity index (χ1v) is 6.62. The maximum atomic E-state index is 10.8. The van der Waals surface area contributed by atoms with E-state index in [0.29, 0.717) is 13.1 Å². The zero-order valence-electron chi connectivity index (χ0n) is 8.95. The first kappa shape index (κ1) is 12.0. The van der Waals surface area contributed by atoms with Crippen LogP contribution in [0.2, 0.25) is 0 Å². The van der Waals surface area contributed by atoms with E-state index in [1.54, 1.807) is 0 Å². The van der Waals surface area contributed by atoms with Gasteiger partial charge in [-0.3, -0.25) is 0 Å². The van der Waals surface area contributed by atoms with Crippen LogP contribution in [-0.4, -0.2) is 27.8 Å². The molecule has 0 aliphatic rings. The first-order chi connectivity index (χ1) is 6.99. The van der Waals surface area contributed by atoms with E-state index in [9.17, 15) is 8.42 Å². The average Bonchev–Trinajstić information content (AvgIpc) is 2.13. The molecule has 84 valence electrons. The van der Waals surface area contributed by atoms with Crippen LogP contribution in [0.25, 0.3) is 0 Å². The number of para-hydroxylation sites is 1. The molecule has 1 rings (SSSR count). The molecule has 0 atom stereocenters. The van der Waals surface area contributed by atoms with Crippen LogP contribution in [0, 0.1) is 6.92 Å². The van der Waals surface area contributed by atoms with Crippen LogP contribution in [0.1, 0.15) is 5.56 Å². The lowest BCUT2D eigenvalue weighted by atomic mass is 10.2. The van der Waals surface area contributed by atoms with E-state index in [0.717, 1.165) is 17.5 Å². The summed E-state index contributed by atoms with van der Waals surface area (Å²) in [4.78, 5) is 0. The van der Waals surface area contributed by atoms with E-state index in [1.165, 1.54) is 0 Å². The third-order valence-corrected chi connectivity index (χ3v) is 2.68. The van der Waals surface area contributed by atoms with Crippen molar-refractivity contribution in [2.45, 2.75) is 6.92 Å². The molecule has 0 aliphatic carbocycles. The van der Waals surface area contributed by atoms with E-state index in [2.05, 4.69) is 10.0 Å². The molecule has 0 radical (unpaired) electrons. The van der Waals surface area contributed by atoms with Crippen molar-refractivity contribution in [3.63, 3.8) is 0 Å². The van der Waals surface area contributed by atoms with Crippen molar-refractivity contribution in [1.29, 1.82) is 0 Å². The molecule has 0 aliphatic heterocycles. The van der Waals surface area contributed by atoms with Gasteiger partial charge in [0.25, 0.3) is 0 Å². The molecule has 1 aromatic carbocycles. The second-order valence-electron chi connectivity index (χ2n) is 3.41. The Hall–Kier alpha value is -1.07. The van der Waals surface area contributed by atoms with Gasteiger partial charge in [0, 0.05) is 18.8 Å². The Morgan fingerprint density at radius 1 is 1.20 bits per heavy atom. The SMILES string of the molecule is Cc1ccccc1NCCNS(C)(=O)=O. The Morgan fingerprint density at radius 3 is 2.47 bits per heavy atom. The summed E-state index contributed by atoms with van der Waals surface area (Å²) in [6, 6.07) is 7.89. The minimum absolute atomic E-state index is 0.396. The lowest BCUT2D eigenvalue weighted by Crippen LogP contribution is -2.27. The number of sulfonamides is 1. The second-order valence-corrected chi connectivity index (χ2v) is 5.24. The molecule has 1 aromatic rings. The molecule has 15 heavy (non-hydrogen) atoms. The van der Waals surface area contributed by atoms with E-state index < -0.39 is 10.0 Å². The standard InChI is InChI=1S/C10H16N2O2S/c1-9-5-3-4-6-10(9)11-7-8-12-15(2,13)14/h3-6,11-12H,7-8H2,1-2H3. The Labute approximate surface area is 90.8 Å². The van der Waals surface area contributed by atoms with Gasteiger partial charge in [-0.15, -0.1) is 0 Å². The van der Waals surface area contributed by atoms with Crippen LogP contribution >= 0.6 is 0 Å². The summed E-state index contributed by atoms with van der Waals surface area (Å²) in [5.41, 5.74) is 2.18. The molecule has 0 amide bonds. The Balaban J connectivity index is 2.36. The molecule has 0 saturated heterocycles. The fourth-order valence-electron chi connectivity index (χ4n) is 1.20. The molecular formula is C10H16N2O2S. The van der Waals surface area contributed by atoms with Crippen molar-refractivity contribution in [2.24, 2.45) is 0 Å². The van der Waals surface area contributed by atoms with Crippen molar-refractivity contribution < 1.29 is 8.42 Å². The summed E-state index contributed by atoms with van der Waals surface area (Å²) in [5.74, 6) is 0. The molecule has 0 heterocycles. The van der Waals surface area contributed by atoms with E-state index in [4.69, 9.17) is 0 Å².